The molecule has 1 saturated heterocycles. The molecule has 3 heterocycles. The van der Waals surface area contributed by atoms with Gasteiger partial charge < -0.3 is 10.2 Å². The van der Waals surface area contributed by atoms with Crippen LogP contribution in [0.15, 0.2) is 36.7 Å². The van der Waals surface area contributed by atoms with Crippen molar-refractivity contribution in [3.63, 3.8) is 0 Å². The van der Waals surface area contributed by atoms with Crippen LogP contribution >= 0.6 is 0 Å². The number of aryl methyl sites for hydroxylation is 1. The van der Waals surface area contributed by atoms with E-state index in [1.54, 1.807) is 30.2 Å². The van der Waals surface area contributed by atoms with Crippen molar-refractivity contribution in [2.45, 2.75) is 18.9 Å². The van der Waals surface area contributed by atoms with Gasteiger partial charge in [-0.3, -0.25) is 9.48 Å². The summed E-state index contributed by atoms with van der Waals surface area (Å²) in [7, 11) is 1.77. The summed E-state index contributed by atoms with van der Waals surface area (Å²) < 4.78 is 1.59. The largest absolute Gasteiger partial charge is 0.355 e. The number of hydrogen-bond donors (Lipinski definition) is 1. The molecule has 110 valence electrons. The van der Waals surface area contributed by atoms with Crippen LogP contribution in [0.3, 0.4) is 0 Å². The second kappa shape index (κ2) is 5.95. The lowest BCUT2D eigenvalue weighted by molar-refractivity contribution is 0.0923. The van der Waals surface area contributed by atoms with Gasteiger partial charge in [0.25, 0.3) is 5.91 Å². The third kappa shape index (κ3) is 3.04. The number of piperidine rings is 1. The van der Waals surface area contributed by atoms with E-state index in [0.717, 1.165) is 31.7 Å². The van der Waals surface area contributed by atoms with Crippen LogP contribution < -0.4 is 10.2 Å². The summed E-state index contributed by atoms with van der Waals surface area (Å²) in [5.41, 5.74) is 0.588. The molecule has 1 fully saturated rings. The first-order valence-corrected chi connectivity index (χ1v) is 7.19. The number of nitrogens with one attached hydrogen (secondary N) is 1. The molecule has 0 bridgehead atoms. The molecule has 0 saturated carbocycles. The molecule has 1 atom stereocenters. The molecule has 0 aromatic carbocycles. The molecule has 0 unspecified atom stereocenters. The highest BCUT2D eigenvalue weighted by Gasteiger charge is 2.23. The Morgan fingerprint density at radius 3 is 2.95 bits per heavy atom. The highest BCUT2D eigenvalue weighted by molar-refractivity contribution is 5.92. The van der Waals surface area contributed by atoms with E-state index in [1.165, 1.54) is 0 Å². The van der Waals surface area contributed by atoms with E-state index in [0.29, 0.717) is 5.69 Å². The number of pyridine rings is 1. The fraction of sp³-hybridized carbons (Fsp3) is 0.400. The molecule has 1 amide bonds. The first-order chi connectivity index (χ1) is 10.2. The van der Waals surface area contributed by atoms with Crippen LogP contribution in [-0.4, -0.2) is 39.8 Å². The van der Waals surface area contributed by atoms with Gasteiger partial charge in [0.05, 0.1) is 0 Å². The van der Waals surface area contributed by atoms with Gasteiger partial charge in [0.1, 0.15) is 11.5 Å². The van der Waals surface area contributed by atoms with Crippen molar-refractivity contribution in [3.8, 4) is 0 Å². The quantitative estimate of drug-likeness (QED) is 0.921. The van der Waals surface area contributed by atoms with Crippen molar-refractivity contribution >= 4 is 11.7 Å². The predicted molar refractivity (Wildman–Crippen MR) is 80.1 cm³/mol. The summed E-state index contributed by atoms with van der Waals surface area (Å²) in [5, 5.41) is 7.12. The van der Waals surface area contributed by atoms with E-state index in [-0.39, 0.29) is 11.9 Å². The summed E-state index contributed by atoms with van der Waals surface area (Å²) in [5.74, 6) is 0.903. The number of anilines is 1. The smallest absolute Gasteiger partial charge is 0.269 e. The zero-order chi connectivity index (χ0) is 14.7. The molecule has 1 N–H and O–H groups in total. The Kier molecular flexibility index (Phi) is 3.85. The van der Waals surface area contributed by atoms with Gasteiger partial charge in [0.15, 0.2) is 0 Å². The predicted octanol–water partition coefficient (Wildman–Crippen LogP) is 1.21. The average molecular weight is 285 g/mol. The number of carbonyl (C=O) groups excluding carboxylic acids is 1. The number of amides is 1. The molecule has 2 aromatic rings. The van der Waals surface area contributed by atoms with E-state index < -0.39 is 0 Å². The minimum atomic E-state index is -0.0668. The van der Waals surface area contributed by atoms with Crippen molar-refractivity contribution in [1.82, 2.24) is 20.1 Å². The molecule has 1 aliphatic rings. The molecule has 2 aromatic heterocycles. The van der Waals surface area contributed by atoms with Crippen molar-refractivity contribution in [3.05, 3.63) is 42.4 Å². The molecular weight excluding hydrogens is 266 g/mol. The van der Waals surface area contributed by atoms with E-state index in [2.05, 4.69) is 20.3 Å². The Bertz CT molecular complexity index is 610. The van der Waals surface area contributed by atoms with Crippen molar-refractivity contribution in [1.29, 1.82) is 0 Å². The number of carbonyl (C=O) groups is 1. The molecular formula is C15H19N5O. The molecule has 21 heavy (non-hydrogen) atoms. The Balaban J connectivity index is 1.64. The van der Waals surface area contributed by atoms with Gasteiger partial charge in [-0.25, -0.2) is 4.98 Å². The van der Waals surface area contributed by atoms with E-state index in [4.69, 9.17) is 0 Å². The molecule has 3 rings (SSSR count). The summed E-state index contributed by atoms with van der Waals surface area (Å²) in [4.78, 5) is 18.8. The monoisotopic (exact) mass is 285 g/mol. The Labute approximate surface area is 123 Å². The van der Waals surface area contributed by atoms with Crippen LogP contribution in [0, 0.1) is 0 Å². The summed E-state index contributed by atoms with van der Waals surface area (Å²) in [6.07, 6.45) is 5.48. The summed E-state index contributed by atoms with van der Waals surface area (Å²) >= 11 is 0. The zero-order valence-electron chi connectivity index (χ0n) is 12.1. The average Bonchev–Trinajstić information content (AvgIpc) is 2.95. The van der Waals surface area contributed by atoms with E-state index >= 15 is 0 Å². The third-order valence-electron chi connectivity index (χ3n) is 3.78. The number of nitrogens with zero attached hydrogens (tertiary/aromatic N) is 4. The number of rotatable bonds is 3. The second-order valence-electron chi connectivity index (χ2n) is 5.29. The Hall–Kier alpha value is -2.37. The standard InChI is InChI=1S/C15H19N5O/c1-19-13(7-9-17-19)15(21)18-12-5-4-10-20(11-12)14-6-2-3-8-16-14/h2-3,6-9,12H,4-5,10-11H2,1H3,(H,18,21)/t12-/m0/s1. The highest BCUT2D eigenvalue weighted by atomic mass is 16.2. The molecule has 0 spiro atoms. The fourth-order valence-electron chi connectivity index (χ4n) is 2.70. The van der Waals surface area contributed by atoms with Crippen LogP contribution in [0.2, 0.25) is 0 Å². The van der Waals surface area contributed by atoms with Crippen LogP contribution in [0.25, 0.3) is 0 Å². The van der Waals surface area contributed by atoms with Crippen LogP contribution in [0.4, 0.5) is 5.82 Å². The van der Waals surface area contributed by atoms with E-state index in [9.17, 15) is 4.79 Å². The van der Waals surface area contributed by atoms with Gasteiger partial charge in [-0.15, -0.1) is 0 Å². The lowest BCUT2D eigenvalue weighted by Crippen LogP contribution is -2.48. The molecule has 6 heteroatoms. The first-order valence-electron chi connectivity index (χ1n) is 7.19. The second-order valence-corrected chi connectivity index (χ2v) is 5.29. The van der Waals surface area contributed by atoms with E-state index in [1.807, 2.05) is 18.2 Å². The topological polar surface area (TPSA) is 63.1 Å². The van der Waals surface area contributed by atoms with Crippen LogP contribution in [0.1, 0.15) is 23.3 Å². The van der Waals surface area contributed by atoms with Crippen molar-refractivity contribution in [2.75, 3.05) is 18.0 Å². The van der Waals surface area contributed by atoms with Crippen molar-refractivity contribution in [2.24, 2.45) is 7.05 Å². The SMILES string of the molecule is Cn1nccc1C(=O)N[C@H]1CCCN(c2ccccn2)C1. The van der Waals surface area contributed by atoms with Crippen molar-refractivity contribution < 1.29 is 4.79 Å². The van der Waals surface area contributed by atoms with Gasteiger partial charge in [0, 0.05) is 38.6 Å². The Morgan fingerprint density at radius 1 is 1.33 bits per heavy atom. The highest BCUT2D eigenvalue weighted by Crippen LogP contribution is 2.17. The van der Waals surface area contributed by atoms with Crippen LogP contribution in [-0.2, 0) is 7.05 Å². The van der Waals surface area contributed by atoms with Crippen LogP contribution in [0.5, 0.6) is 0 Å². The molecule has 0 aliphatic carbocycles. The number of aromatic nitrogens is 3. The molecule has 0 radical (unpaired) electrons. The third-order valence-corrected chi connectivity index (χ3v) is 3.78. The van der Waals surface area contributed by atoms with Gasteiger partial charge in [-0.05, 0) is 31.0 Å². The van der Waals surface area contributed by atoms with Gasteiger partial charge in [-0.2, -0.15) is 5.10 Å². The van der Waals surface area contributed by atoms with Gasteiger partial charge in [-0.1, -0.05) is 6.07 Å². The Morgan fingerprint density at radius 2 is 2.24 bits per heavy atom. The van der Waals surface area contributed by atoms with Gasteiger partial charge in [0.2, 0.25) is 0 Å². The fourth-order valence-corrected chi connectivity index (χ4v) is 2.70. The zero-order valence-corrected chi connectivity index (χ0v) is 12.1. The molecule has 6 nitrogen and oxygen atoms in total. The van der Waals surface area contributed by atoms with Gasteiger partial charge >= 0.3 is 0 Å². The maximum Gasteiger partial charge on any atom is 0.269 e. The molecule has 1 aliphatic heterocycles. The normalized spacial score (nSPS) is 18.5. The lowest BCUT2D eigenvalue weighted by Gasteiger charge is -2.33. The summed E-state index contributed by atoms with van der Waals surface area (Å²) in [6.45, 7) is 1.77. The minimum absolute atomic E-state index is 0.0668. The summed E-state index contributed by atoms with van der Waals surface area (Å²) in [6, 6.07) is 7.78. The first kappa shape index (κ1) is 13.6. The maximum absolute atomic E-state index is 12.2. The minimum Gasteiger partial charge on any atom is -0.355 e. The lowest BCUT2D eigenvalue weighted by atomic mass is 10.1. The maximum atomic E-state index is 12.2. The number of hydrogen-bond acceptors (Lipinski definition) is 4.